The van der Waals surface area contributed by atoms with E-state index in [0.29, 0.717) is 18.9 Å². The van der Waals surface area contributed by atoms with E-state index < -0.39 is 0 Å². The molecule has 21 heavy (non-hydrogen) atoms. The largest absolute Gasteiger partial charge is 0.439 e. The van der Waals surface area contributed by atoms with Gasteiger partial charge < -0.3 is 14.8 Å². The van der Waals surface area contributed by atoms with Crippen LogP contribution in [0.25, 0.3) is 11.1 Å². The van der Waals surface area contributed by atoms with Crippen LogP contribution in [0.3, 0.4) is 0 Å². The highest BCUT2D eigenvalue weighted by Gasteiger charge is 2.26. The summed E-state index contributed by atoms with van der Waals surface area (Å²) in [5.41, 5.74) is 2.64. The zero-order valence-corrected chi connectivity index (χ0v) is 12.1. The predicted molar refractivity (Wildman–Crippen MR) is 78.6 cm³/mol. The summed E-state index contributed by atoms with van der Waals surface area (Å²) in [6.07, 6.45) is 2.75. The van der Waals surface area contributed by atoms with Gasteiger partial charge in [0.1, 0.15) is 5.52 Å². The van der Waals surface area contributed by atoms with Crippen molar-refractivity contribution in [2.75, 3.05) is 0 Å². The van der Waals surface area contributed by atoms with E-state index in [-0.39, 0.29) is 17.9 Å². The summed E-state index contributed by atoms with van der Waals surface area (Å²) in [4.78, 5) is 16.5. The molecule has 1 aliphatic rings. The van der Waals surface area contributed by atoms with Gasteiger partial charge in [0, 0.05) is 5.92 Å². The smallest absolute Gasteiger partial charge is 0.223 e. The van der Waals surface area contributed by atoms with Gasteiger partial charge in [-0.25, -0.2) is 4.98 Å². The van der Waals surface area contributed by atoms with Gasteiger partial charge in [-0.15, -0.1) is 0 Å². The first-order valence-corrected chi connectivity index (χ1v) is 7.44. The number of rotatable bonds is 3. The maximum atomic E-state index is 12.1. The average molecular weight is 288 g/mol. The summed E-state index contributed by atoms with van der Waals surface area (Å²) in [6, 6.07) is 5.78. The molecule has 1 fully saturated rings. The molecule has 0 aliphatic heterocycles. The number of aliphatic hydroxyl groups is 1. The number of nitrogens with zero attached hydrogens (tertiary/aromatic N) is 1. The topological polar surface area (TPSA) is 75.4 Å². The second-order valence-electron chi connectivity index (χ2n) is 5.76. The molecule has 2 atom stereocenters. The normalized spacial score (nSPS) is 22.4. The molecule has 1 saturated carbocycles. The van der Waals surface area contributed by atoms with Crippen LogP contribution in [0.15, 0.2) is 22.6 Å². The number of hydrogen-bond acceptors (Lipinski definition) is 4. The lowest BCUT2D eigenvalue weighted by molar-refractivity contribution is -0.127. The van der Waals surface area contributed by atoms with Crippen molar-refractivity contribution in [2.24, 2.45) is 5.92 Å². The SMILES string of the molecule is Cc1cccc2oc(CNC(=O)[C@@H]3CCC[C@H](O)C3)nc12. The Balaban J connectivity index is 1.63. The number of carbonyl (C=O) groups excluding carboxylic acids is 1. The number of fused-ring (bicyclic) bond motifs is 1. The molecular formula is C16H20N2O3. The molecule has 1 amide bonds. The molecule has 1 aliphatic carbocycles. The third-order valence-electron chi connectivity index (χ3n) is 4.10. The van der Waals surface area contributed by atoms with Crippen LogP contribution in [0.4, 0.5) is 0 Å². The second-order valence-corrected chi connectivity index (χ2v) is 5.76. The van der Waals surface area contributed by atoms with Crippen LogP contribution >= 0.6 is 0 Å². The molecule has 0 radical (unpaired) electrons. The maximum absolute atomic E-state index is 12.1. The molecule has 2 aromatic rings. The average Bonchev–Trinajstić information content (AvgIpc) is 2.89. The Morgan fingerprint density at radius 3 is 3.10 bits per heavy atom. The third-order valence-corrected chi connectivity index (χ3v) is 4.10. The number of amides is 1. The van der Waals surface area contributed by atoms with Gasteiger partial charge in [0.2, 0.25) is 11.8 Å². The van der Waals surface area contributed by atoms with Gasteiger partial charge in [0.05, 0.1) is 12.6 Å². The van der Waals surface area contributed by atoms with Gasteiger partial charge in [-0.2, -0.15) is 0 Å². The lowest BCUT2D eigenvalue weighted by Gasteiger charge is -2.24. The Kier molecular flexibility index (Phi) is 3.92. The van der Waals surface area contributed by atoms with Crippen molar-refractivity contribution >= 4 is 17.0 Å². The molecule has 5 heteroatoms. The molecular weight excluding hydrogens is 268 g/mol. The third kappa shape index (κ3) is 3.08. The molecule has 1 aromatic heterocycles. The number of aromatic nitrogens is 1. The standard InChI is InChI=1S/C16H20N2O3/c1-10-4-2-7-13-15(10)18-14(21-13)9-17-16(20)11-5-3-6-12(19)8-11/h2,4,7,11-12,19H,3,5-6,8-9H2,1H3,(H,17,20)/t11-,12+/m1/s1. The van der Waals surface area contributed by atoms with E-state index >= 15 is 0 Å². The molecule has 2 N–H and O–H groups in total. The van der Waals surface area contributed by atoms with Gasteiger partial charge in [-0.3, -0.25) is 4.79 Å². The van der Waals surface area contributed by atoms with E-state index in [1.165, 1.54) is 0 Å². The Morgan fingerprint density at radius 2 is 2.33 bits per heavy atom. The highest BCUT2D eigenvalue weighted by atomic mass is 16.3. The summed E-state index contributed by atoms with van der Waals surface area (Å²) in [5.74, 6) is 0.400. The van der Waals surface area contributed by atoms with E-state index in [0.717, 1.165) is 35.9 Å². The van der Waals surface area contributed by atoms with Crippen LogP contribution in [0.1, 0.15) is 37.1 Å². The van der Waals surface area contributed by atoms with Crippen molar-refractivity contribution in [3.05, 3.63) is 29.7 Å². The summed E-state index contributed by atoms with van der Waals surface area (Å²) < 4.78 is 5.63. The lowest BCUT2D eigenvalue weighted by atomic mass is 9.87. The van der Waals surface area contributed by atoms with Gasteiger partial charge in [-0.05, 0) is 37.8 Å². The lowest BCUT2D eigenvalue weighted by Crippen LogP contribution is -2.34. The zero-order valence-electron chi connectivity index (χ0n) is 12.1. The van der Waals surface area contributed by atoms with Crippen LogP contribution in [0.5, 0.6) is 0 Å². The molecule has 5 nitrogen and oxygen atoms in total. The van der Waals surface area contributed by atoms with Crippen LogP contribution in [-0.4, -0.2) is 22.1 Å². The van der Waals surface area contributed by atoms with Crippen molar-refractivity contribution < 1.29 is 14.3 Å². The first kappa shape index (κ1) is 14.1. The summed E-state index contributed by atoms with van der Waals surface area (Å²) in [5, 5.41) is 12.5. The molecule has 112 valence electrons. The first-order chi connectivity index (χ1) is 10.1. The number of aliphatic hydroxyl groups excluding tert-OH is 1. The van der Waals surface area contributed by atoms with Crippen LogP contribution < -0.4 is 5.32 Å². The number of hydrogen-bond donors (Lipinski definition) is 2. The molecule has 0 bridgehead atoms. The highest BCUT2D eigenvalue weighted by Crippen LogP contribution is 2.24. The Hall–Kier alpha value is -1.88. The minimum absolute atomic E-state index is 0.0206. The fraction of sp³-hybridized carbons (Fsp3) is 0.500. The minimum atomic E-state index is -0.346. The van der Waals surface area contributed by atoms with E-state index in [1.807, 2.05) is 25.1 Å². The van der Waals surface area contributed by atoms with Crippen molar-refractivity contribution in [2.45, 2.75) is 45.3 Å². The Morgan fingerprint density at radius 1 is 1.48 bits per heavy atom. The zero-order chi connectivity index (χ0) is 14.8. The van der Waals surface area contributed by atoms with E-state index in [1.54, 1.807) is 0 Å². The number of oxazole rings is 1. The van der Waals surface area contributed by atoms with Crippen LogP contribution in [-0.2, 0) is 11.3 Å². The van der Waals surface area contributed by atoms with Crippen LogP contribution in [0.2, 0.25) is 0 Å². The molecule has 1 heterocycles. The Bertz CT molecular complexity index is 650. The first-order valence-electron chi connectivity index (χ1n) is 7.44. The quantitative estimate of drug-likeness (QED) is 0.908. The molecule has 1 aromatic carbocycles. The van der Waals surface area contributed by atoms with Gasteiger partial charge in [0.15, 0.2) is 5.58 Å². The van der Waals surface area contributed by atoms with E-state index in [4.69, 9.17) is 4.42 Å². The number of carbonyl (C=O) groups is 1. The van der Waals surface area contributed by atoms with Crippen LogP contribution in [0, 0.1) is 12.8 Å². The fourth-order valence-corrected chi connectivity index (χ4v) is 2.92. The number of nitrogens with one attached hydrogen (secondary N) is 1. The molecule has 0 unspecified atom stereocenters. The summed E-state index contributed by atoms with van der Waals surface area (Å²) >= 11 is 0. The van der Waals surface area contributed by atoms with Gasteiger partial charge in [0.25, 0.3) is 0 Å². The Labute approximate surface area is 123 Å². The molecule has 0 spiro atoms. The minimum Gasteiger partial charge on any atom is -0.439 e. The number of aryl methyl sites for hydroxylation is 1. The van der Waals surface area contributed by atoms with E-state index in [2.05, 4.69) is 10.3 Å². The van der Waals surface area contributed by atoms with E-state index in [9.17, 15) is 9.90 Å². The van der Waals surface area contributed by atoms with Crippen molar-refractivity contribution in [1.82, 2.24) is 10.3 Å². The number of benzene rings is 1. The summed E-state index contributed by atoms with van der Waals surface area (Å²) in [6.45, 7) is 2.27. The number of para-hydroxylation sites is 1. The predicted octanol–water partition coefficient (Wildman–Crippen LogP) is 2.30. The molecule has 3 rings (SSSR count). The second kappa shape index (κ2) is 5.85. The van der Waals surface area contributed by atoms with Gasteiger partial charge >= 0.3 is 0 Å². The molecule has 0 saturated heterocycles. The fourth-order valence-electron chi connectivity index (χ4n) is 2.92. The van der Waals surface area contributed by atoms with Crippen molar-refractivity contribution in [3.63, 3.8) is 0 Å². The van der Waals surface area contributed by atoms with Crippen molar-refractivity contribution in [3.8, 4) is 0 Å². The maximum Gasteiger partial charge on any atom is 0.223 e. The monoisotopic (exact) mass is 288 g/mol. The summed E-state index contributed by atoms with van der Waals surface area (Å²) in [7, 11) is 0. The van der Waals surface area contributed by atoms with Crippen molar-refractivity contribution in [1.29, 1.82) is 0 Å². The highest BCUT2D eigenvalue weighted by molar-refractivity contribution is 5.79. The van der Waals surface area contributed by atoms with Gasteiger partial charge in [-0.1, -0.05) is 18.6 Å².